The number of hydrogen-bond donors (Lipinski definition) is 1. The molecule has 1 aliphatic heterocycles. The Morgan fingerprint density at radius 1 is 1.04 bits per heavy atom. The van der Waals surface area contributed by atoms with Crippen molar-refractivity contribution >= 4 is 17.3 Å². The molecule has 2 N–H and O–H groups in total. The molecular weight excluding hydrogens is 290 g/mol. The van der Waals surface area contributed by atoms with Crippen molar-refractivity contribution in [2.45, 2.75) is 6.92 Å². The first-order valence-corrected chi connectivity index (χ1v) is 7.33. The van der Waals surface area contributed by atoms with Gasteiger partial charge in [-0.25, -0.2) is 0 Å². The first-order chi connectivity index (χ1) is 11.2. The number of benzene rings is 2. The highest BCUT2D eigenvalue weighted by molar-refractivity contribution is 5.83. The number of anilines is 1. The highest BCUT2D eigenvalue weighted by atomic mass is 16.5. The summed E-state index contributed by atoms with van der Waals surface area (Å²) in [6, 6.07) is 13.4. The maximum absolute atomic E-state index is 5.84. The highest BCUT2D eigenvalue weighted by Gasteiger charge is 2.19. The Morgan fingerprint density at radius 3 is 2.74 bits per heavy atom. The SMILES string of the molecule is Cc1cccc2c1OCC(c1nnc(-c3cccc(N)c3)o1)=C2. The third-order valence-corrected chi connectivity index (χ3v) is 3.78. The second-order valence-electron chi connectivity index (χ2n) is 5.49. The van der Waals surface area contributed by atoms with E-state index in [1.54, 1.807) is 0 Å². The standard InChI is InChI=1S/C18H15N3O2/c1-11-4-2-5-12-8-14(10-22-16(11)12)18-21-20-17(23-18)13-6-3-7-15(19)9-13/h2-9H,10,19H2,1H3. The van der Waals surface area contributed by atoms with Gasteiger partial charge < -0.3 is 14.9 Å². The van der Waals surface area contributed by atoms with Gasteiger partial charge in [0.05, 0.1) is 5.57 Å². The molecule has 0 spiro atoms. The smallest absolute Gasteiger partial charge is 0.248 e. The molecule has 0 bridgehead atoms. The van der Waals surface area contributed by atoms with E-state index in [2.05, 4.69) is 10.2 Å². The minimum Gasteiger partial charge on any atom is -0.488 e. The molecule has 0 saturated heterocycles. The molecule has 23 heavy (non-hydrogen) atoms. The van der Waals surface area contributed by atoms with Gasteiger partial charge in [0, 0.05) is 16.8 Å². The number of nitrogen functional groups attached to an aromatic ring is 1. The molecule has 1 aliphatic rings. The number of aromatic nitrogens is 2. The van der Waals surface area contributed by atoms with E-state index in [4.69, 9.17) is 14.9 Å². The number of fused-ring (bicyclic) bond motifs is 1. The summed E-state index contributed by atoms with van der Waals surface area (Å²) >= 11 is 0. The van der Waals surface area contributed by atoms with Gasteiger partial charge in [0.1, 0.15) is 12.4 Å². The summed E-state index contributed by atoms with van der Waals surface area (Å²) < 4.78 is 11.6. The van der Waals surface area contributed by atoms with Gasteiger partial charge in [0.15, 0.2) is 0 Å². The van der Waals surface area contributed by atoms with Crippen LogP contribution >= 0.6 is 0 Å². The van der Waals surface area contributed by atoms with E-state index in [0.29, 0.717) is 24.1 Å². The van der Waals surface area contributed by atoms with E-state index < -0.39 is 0 Å². The van der Waals surface area contributed by atoms with Crippen molar-refractivity contribution in [2.75, 3.05) is 12.3 Å². The summed E-state index contributed by atoms with van der Waals surface area (Å²) in [5, 5.41) is 8.24. The molecule has 0 aliphatic carbocycles. The topological polar surface area (TPSA) is 74.2 Å². The van der Waals surface area contributed by atoms with Crippen LogP contribution in [0.4, 0.5) is 5.69 Å². The number of rotatable bonds is 2. The number of ether oxygens (including phenoxy) is 1. The molecule has 0 radical (unpaired) electrons. The van der Waals surface area contributed by atoms with Gasteiger partial charge in [-0.2, -0.15) is 0 Å². The molecule has 0 unspecified atom stereocenters. The number of nitrogens with zero attached hydrogens (tertiary/aromatic N) is 2. The highest BCUT2D eigenvalue weighted by Crippen LogP contribution is 2.33. The van der Waals surface area contributed by atoms with Gasteiger partial charge in [0.25, 0.3) is 0 Å². The summed E-state index contributed by atoms with van der Waals surface area (Å²) in [6.45, 7) is 2.44. The lowest BCUT2D eigenvalue weighted by molar-refractivity contribution is 0.358. The average molecular weight is 305 g/mol. The molecule has 0 fully saturated rings. The monoisotopic (exact) mass is 305 g/mol. The van der Waals surface area contributed by atoms with Crippen molar-refractivity contribution < 1.29 is 9.15 Å². The van der Waals surface area contributed by atoms with Crippen LogP contribution in [0.3, 0.4) is 0 Å². The maximum Gasteiger partial charge on any atom is 0.248 e. The Kier molecular flexibility index (Phi) is 3.12. The Balaban J connectivity index is 1.70. The molecule has 2 heterocycles. The van der Waals surface area contributed by atoms with Crippen LogP contribution in [0.2, 0.25) is 0 Å². The van der Waals surface area contributed by atoms with E-state index >= 15 is 0 Å². The van der Waals surface area contributed by atoms with Gasteiger partial charge in [0.2, 0.25) is 11.8 Å². The molecule has 2 aromatic carbocycles. The number of hydrogen-bond acceptors (Lipinski definition) is 5. The van der Waals surface area contributed by atoms with Gasteiger partial charge in [-0.15, -0.1) is 10.2 Å². The molecule has 0 atom stereocenters. The lowest BCUT2D eigenvalue weighted by Gasteiger charge is -2.17. The maximum atomic E-state index is 5.84. The Hall–Kier alpha value is -3.08. The second-order valence-corrected chi connectivity index (χ2v) is 5.49. The lowest BCUT2D eigenvalue weighted by Crippen LogP contribution is -2.08. The van der Waals surface area contributed by atoms with Gasteiger partial charge in [-0.1, -0.05) is 24.3 Å². The number of nitrogens with two attached hydrogens (primary N) is 1. The third-order valence-electron chi connectivity index (χ3n) is 3.78. The van der Waals surface area contributed by atoms with E-state index in [1.807, 2.05) is 55.5 Å². The van der Waals surface area contributed by atoms with Gasteiger partial charge in [-0.3, -0.25) is 0 Å². The molecule has 5 nitrogen and oxygen atoms in total. The van der Waals surface area contributed by atoms with Gasteiger partial charge >= 0.3 is 0 Å². The summed E-state index contributed by atoms with van der Waals surface area (Å²) in [5.74, 6) is 1.82. The quantitative estimate of drug-likeness (QED) is 0.733. The van der Waals surface area contributed by atoms with Crippen LogP contribution in [-0.2, 0) is 0 Å². The second kappa shape index (κ2) is 5.28. The lowest BCUT2D eigenvalue weighted by atomic mass is 10.0. The predicted octanol–water partition coefficient (Wildman–Crippen LogP) is 3.56. The number of aryl methyl sites for hydroxylation is 1. The zero-order valence-corrected chi connectivity index (χ0v) is 12.6. The largest absolute Gasteiger partial charge is 0.488 e. The molecule has 1 aromatic heterocycles. The van der Waals surface area contributed by atoms with Gasteiger partial charge in [-0.05, 0) is 36.8 Å². The molecule has 0 saturated carbocycles. The van der Waals surface area contributed by atoms with Crippen molar-refractivity contribution in [3.8, 4) is 17.2 Å². The Labute approximate surface area is 133 Å². The fourth-order valence-corrected chi connectivity index (χ4v) is 2.63. The van der Waals surface area contributed by atoms with Crippen molar-refractivity contribution in [3.63, 3.8) is 0 Å². The fraction of sp³-hybridized carbons (Fsp3) is 0.111. The minimum atomic E-state index is 0.413. The fourth-order valence-electron chi connectivity index (χ4n) is 2.63. The van der Waals surface area contributed by atoms with E-state index in [1.165, 1.54) is 0 Å². The average Bonchev–Trinajstić information content (AvgIpc) is 3.05. The van der Waals surface area contributed by atoms with E-state index in [-0.39, 0.29) is 0 Å². The van der Waals surface area contributed by atoms with Crippen molar-refractivity contribution in [2.24, 2.45) is 0 Å². The molecule has 4 rings (SSSR count). The van der Waals surface area contributed by atoms with Crippen LogP contribution in [0.1, 0.15) is 17.0 Å². The third kappa shape index (κ3) is 2.46. The summed E-state index contributed by atoms with van der Waals surface area (Å²) in [5.41, 5.74) is 10.3. The molecular formula is C18H15N3O2. The summed E-state index contributed by atoms with van der Waals surface area (Å²) in [4.78, 5) is 0. The molecule has 3 aromatic rings. The van der Waals surface area contributed by atoms with E-state index in [9.17, 15) is 0 Å². The van der Waals surface area contributed by atoms with Crippen LogP contribution in [0.5, 0.6) is 5.75 Å². The molecule has 5 heteroatoms. The summed E-state index contributed by atoms with van der Waals surface area (Å²) in [6.07, 6.45) is 2.03. The zero-order chi connectivity index (χ0) is 15.8. The zero-order valence-electron chi connectivity index (χ0n) is 12.6. The predicted molar refractivity (Wildman–Crippen MR) is 88.7 cm³/mol. The molecule has 0 amide bonds. The Bertz CT molecular complexity index is 912. The van der Waals surface area contributed by atoms with Crippen molar-refractivity contribution in [1.82, 2.24) is 10.2 Å². The van der Waals surface area contributed by atoms with Crippen LogP contribution in [0, 0.1) is 6.92 Å². The van der Waals surface area contributed by atoms with Crippen LogP contribution < -0.4 is 10.5 Å². The number of para-hydroxylation sites is 1. The molecule has 114 valence electrons. The normalized spacial score (nSPS) is 13.2. The van der Waals surface area contributed by atoms with E-state index in [0.717, 1.165) is 28.0 Å². The summed E-state index contributed by atoms with van der Waals surface area (Å²) in [7, 11) is 0. The first kappa shape index (κ1) is 13.6. The minimum absolute atomic E-state index is 0.413. The van der Waals surface area contributed by atoms with Crippen molar-refractivity contribution in [3.05, 3.63) is 59.5 Å². The Morgan fingerprint density at radius 2 is 1.87 bits per heavy atom. The van der Waals surface area contributed by atoms with Crippen molar-refractivity contribution in [1.29, 1.82) is 0 Å². The van der Waals surface area contributed by atoms with Crippen LogP contribution in [0.25, 0.3) is 23.1 Å². The van der Waals surface area contributed by atoms with Crippen LogP contribution in [-0.4, -0.2) is 16.8 Å². The van der Waals surface area contributed by atoms with Crippen LogP contribution in [0.15, 0.2) is 46.9 Å². The first-order valence-electron chi connectivity index (χ1n) is 7.33.